The van der Waals surface area contributed by atoms with Crippen molar-refractivity contribution in [3.05, 3.63) is 191 Å². The van der Waals surface area contributed by atoms with Gasteiger partial charge in [0.1, 0.15) is 0 Å². The van der Waals surface area contributed by atoms with Crippen LogP contribution in [0.5, 0.6) is 0 Å². The molecule has 10 rings (SSSR count). The minimum atomic E-state index is -2.95. The molecule has 3 nitrogen and oxygen atoms in total. The molecule has 3 aliphatic rings. The molecule has 7 aromatic carbocycles. The fourth-order valence-electron chi connectivity index (χ4n) is 9.93. The average Bonchev–Trinajstić information content (AvgIpc) is 3.83. The van der Waals surface area contributed by atoms with Gasteiger partial charge in [-0.05, 0) is 109 Å². The molecular weight excluding hydrogens is 647 g/mol. The Hall–Kier alpha value is -5.36. The predicted octanol–water partition coefficient (Wildman–Crippen LogP) is 6.93. The molecule has 0 amide bonds. The molecule has 0 aromatic heterocycles. The summed E-state index contributed by atoms with van der Waals surface area (Å²) in [6, 6.07) is 61.0. The van der Waals surface area contributed by atoms with Crippen molar-refractivity contribution in [2.24, 2.45) is 0 Å². The summed E-state index contributed by atoms with van der Waals surface area (Å²) < 4.78 is 0. The van der Waals surface area contributed by atoms with E-state index in [1.54, 1.807) is 0 Å². The van der Waals surface area contributed by atoms with Crippen LogP contribution >= 0.6 is 0 Å². The first-order chi connectivity index (χ1) is 25.7. The second kappa shape index (κ2) is 12.1. The zero-order valence-electron chi connectivity index (χ0n) is 29.7. The maximum absolute atomic E-state index is 3.62. The lowest BCUT2D eigenvalue weighted by atomic mass is 10.1. The summed E-state index contributed by atoms with van der Waals surface area (Å²) in [4.78, 5) is 0. The van der Waals surface area contributed by atoms with Gasteiger partial charge in [0.25, 0.3) is 0 Å². The van der Waals surface area contributed by atoms with E-state index in [2.05, 4.69) is 195 Å². The molecule has 0 saturated carbocycles. The number of nitrogens with one attached hydrogen (secondary N) is 3. The first-order valence-corrected chi connectivity index (χ1v) is 20.5. The van der Waals surface area contributed by atoms with Crippen molar-refractivity contribution < 1.29 is 0 Å². The van der Waals surface area contributed by atoms with Gasteiger partial charge in [0.15, 0.2) is 8.07 Å². The summed E-state index contributed by atoms with van der Waals surface area (Å²) in [5.41, 5.74) is 16.1. The van der Waals surface area contributed by atoms with Gasteiger partial charge in [0, 0.05) is 0 Å². The van der Waals surface area contributed by atoms with Crippen LogP contribution in [0.1, 0.15) is 51.5 Å². The van der Waals surface area contributed by atoms with Crippen molar-refractivity contribution >= 4 is 28.8 Å². The summed E-state index contributed by atoms with van der Waals surface area (Å²) in [6.45, 7) is 0. The highest BCUT2D eigenvalue weighted by Crippen LogP contribution is 2.46. The second-order valence-corrected chi connectivity index (χ2v) is 18.3. The van der Waals surface area contributed by atoms with Crippen molar-refractivity contribution in [1.29, 1.82) is 0 Å². The molecule has 0 bridgehead atoms. The number of hydrogen-bond donors (Lipinski definition) is 3. The summed E-state index contributed by atoms with van der Waals surface area (Å²) in [5.74, 6) is 0. The molecular formula is C48H41N3Si. The fourth-order valence-corrected chi connectivity index (χ4v) is 14.7. The summed E-state index contributed by atoms with van der Waals surface area (Å²) >= 11 is 0. The molecule has 0 spiro atoms. The quantitative estimate of drug-likeness (QED) is 0.126. The van der Waals surface area contributed by atoms with Crippen LogP contribution in [0.4, 0.5) is 0 Å². The molecule has 3 aliphatic carbocycles. The largest absolute Gasteiger partial charge is 0.309 e. The van der Waals surface area contributed by atoms with E-state index in [0.29, 0.717) is 0 Å². The van der Waals surface area contributed by atoms with E-state index in [4.69, 9.17) is 0 Å². The van der Waals surface area contributed by atoms with E-state index in [1.165, 1.54) is 87.5 Å². The molecule has 0 aliphatic heterocycles. The van der Waals surface area contributed by atoms with Crippen molar-refractivity contribution in [3.63, 3.8) is 0 Å². The van der Waals surface area contributed by atoms with Crippen molar-refractivity contribution in [2.75, 3.05) is 21.1 Å². The average molecular weight is 688 g/mol. The van der Waals surface area contributed by atoms with Gasteiger partial charge in [-0.1, -0.05) is 158 Å². The lowest BCUT2D eigenvalue weighted by Gasteiger charge is -2.36. The van der Waals surface area contributed by atoms with Gasteiger partial charge in [-0.2, -0.15) is 0 Å². The molecule has 3 atom stereocenters. The Morgan fingerprint density at radius 2 is 0.615 bits per heavy atom. The first-order valence-electron chi connectivity index (χ1n) is 18.5. The third-order valence-electron chi connectivity index (χ3n) is 12.2. The molecule has 3 N–H and O–H groups in total. The number of rotatable bonds is 7. The Kier molecular flexibility index (Phi) is 7.31. The molecule has 4 heteroatoms. The van der Waals surface area contributed by atoms with Crippen LogP contribution in [0.25, 0.3) is 33.4 Å². The van der Waals surface area contributed by atoms with Gasteiger partial charge in [0.2, 0.25) is 0 Å². The zero-order valence-corrected chi connectivity index (χ0v) is 30.7. The van der Waals surface area contributed by atoms with Gasteiger partial charge < -0.3 is 16.0 Å². The van der Waals surface area contributed by atoms with Crippen molar-refractivity contribution in [2.45, 2.75) is 18.1 Å². The standard InChI is InChI=1S/C48H41N3Si/c1-49-46-37-18-10-7-15-34(37)43-27-31(21-24-40(43)46)52(30-13-5-4-6-14-30,32-22-25-41-44(28-32)35-16-8-11-19-38(35)47(41)50-2)33-23-26-42-45(29-33)36-17-9-12-20-39(36)48(42)51-3/h4-29,46-51H,1-3H3/t46-,47-,48+/m0/s1. The van der Waals surface area contributed by atoms with Gasteiger partial charge in [-0.3, -0.25) is 0 Å². The van der Waals surface area contributed by atoms with Gasteiger partial charge in [-0.15, -0.1) is 0 Å². The molecule has 252 valence electrons. The summed E-state index contributed by atoms with van der Waals surface area (Å²) in [5, 5.41) is 16.5. The first kappa shape index (κ1) is 31.4. The summed E-state index contributed by atoms with van der Waals surface area (Å²) in [7, 11) is 3.29. The predicted molar refractivity (Wildman–Crippen MR) is 219 cm³/mol. The Labute approximate surface area is 307 Å². The van der Waals surface area contributed by atoms with Crippen LogP contribution < -0.4 is 36.7 Å². The van der Waals surface area contributed by atoms with E-state index in [0.717, 1.165) is 0 Å². The number of fused-ring (bicyclic) bond motifs is 9. The lowest BCUT2D eigenvalue weighted by molar-refractivity contribution is 0.708. The van der Waals surface area contributed by atoms with Crippen LogP contribution in [0, 0.1) is 0 Å². The van der Waals surface area contributed by atoms with E-state index < -0.39 is 8.07 Å². The third kappa shape index (κ3) is 4.30. The third-order valence-corrected chi connectivity index (χ3v) is 16.9. The second-order valence-electron chi connectivity index (χ2n) is 14.4. The highest BCUT2D eigenvalue weighted by Gasteiger charge is 2.45. The molecule has 0 heterocycles. The van der Waals surface area contributed by atoms with E-state index >= 15 is 0 Å². The molecule has 0 radical (unpaired) electrons. The Morgan fingerprint density at radius 3 is 0.962 bits per heavy atom. The van der Waals surface area contributed by atoms with Crippen LogP contribution in [0.3, 0.4) is 0 Å². The van der Waals surface area contributed by atoms with Crippen LogP contribution in [-0.2, 0) is 0 Å². The van der Waals surface area contributed by atoms with Crippen molar-refractivity contribution in [1.82, 2.24) is 16.0 Å². The Morgan fingerprint density at radius 1 is 0.308 bits per heavy atom. The Balaban J connectivity index is 1.31. The number of benzene rings is 7. The molecule has 52 heavy (non-hydrogen) atoms. The van der Waals surface area contributed by atoms with Crippen molar-refractivity contribution in [3.8, 4) is 33.4 Å². The highest BCUT2D eigenvalue weighted by atomic mass is 28.3. The van der Waals surface area contributed by atoms with Gasteiger partial charge in [0.05, 0.1) is 18.1 Å². The minimum Gasteiger partial charge on any atom is -0.309 e. The molecule has 0 saturated heterocycles. The molecule has 0 unspecified atom stereocenters. The van der Waals surface area contributed by atoms with Crippen LogP contribution in [0.2, 0.25) is 0 Å². The van der Waals surface area contributed by atoms with Crippen LogP contribution in [0.15, 0.2) is 158 Å². The van der Waals surface area contributed by atoms with Crippen LogP contribution in [-0.4, -0.2) is 29.2 Å². The monoisotopic (exact) mass is 687 g/mol. The normalized spacial score (nSPS) is 17.6. The van der Waals surface area contributed by atoms with E-state index in [9.17, 15) is 0 Å². The van der Waals surface area contributed by atoms with Gasteiger partial charge in [-0.25, -0.2) is 0 Å². The Bertz CT molecular complexity index is 2270. The minimum absolute atomic E-state index is 0.179. The maximum Gasteiger partial charge on any atom is 0.179 e. The topological polar surface area (TPSA) is 36.1 Å². The van der Waals surface area contributed by atoms with E-state index in [1.807, 2.05) is 0 Å². The maximum atomic E-state index is 3.62. The van der Waals surface area contributed by atoms with Gasteiger partial charge >= 0.3 is 0 Å². The fraction of sp³-hybridized carbons (Fsp3) is 0.125. The molecule has 7 aromatic rings. The SMILES string of the molecule is CN[C@@H]1c2ccccc2-c2cc([Si](c3ccccc3)(c3ccc4c(c3)-c3ccccc3[C@@H]4NC)c3ccc4c(c3)-c3ccccc3[C@@H]4NC)ccc21. The van der Waals surface area contributed by atoms with E-state index in [-0.39, 0.29) is 18.1 Å². The smallest absolute Gasteiger partial charge is 0.179 e. The number of hydrogen-bond acceptors (Lipinski definition) is 3. The lowest BCUT2D eigenvalue weighted by Crippen LogP contribution is -2.74. The zero-order chi connectivity index (χ0) is 35.0. The highest BCUT2D eigenvalue weighted by molar-refractivity contribution is 7.20. The molecule has 0 fully saturated rings. The summed E-state index contributed by atoms with van der Waals surface area (Å²) in [6.07, 6.45) is 0.